The number of fused-ring (bicyclic) bond motifs is 1. The first kappa shape index (κ1) is 17.4. The van der Waals surface area contributed by atoms with Gasteiger partial charge < -0.3 is 10.0 Å². The van der Waals surface area contributed by atoms with Crippen LogP contribution in [0.5, 0.6) is 0 Å². The average molecular weight is 350 g/mol. The molecule has 9 nitrogen and oxygen atoms in total. The molecule has 1 saturated carbocycles. The van der Waals surface area contributed by atoms with Gasteiger partial charge in [-0.1, -0.05) is 6.42 Å². The molecule has 0 bridgehead atoms. The van der Waals surface area contributed by atoms with Crippen molar-refractivity contribution in [3.8, 4) is 0 Å². The molecule has 1 aliphatic carbocycles. The highest BCUT2D eigenvalue weighted by atomic mass is 16.6. The number of carbonyl (C=O) groups excluding carboxylic acids is 1. The van der Waals surface area contributed by atoms with Crippen LogP contribution in [-0.4, -0.2) is 49.7 Å². The van der Waals surface area contributed by atoms with Gasteiger partial charge in [0.2, 0.25) is 5.91 Å². The van der Waals surface area contributed by atoms with Gasteiger partial charge in [-0.15, -0.1) is 0 Å². The highest BCUT2D eigenvalue weighted by Crippen LogP contribution is 2.48. The molecule has 2 heterocycles. The van der Waals surface area contributed by atoms with Crippen molar-refractivity contribution in [1.82, 2.24) is 14.7 Å². The molecule has 1 aliphatic heterocycles. The number of amides is 1. The average Bonchev–Trinajstić information content (AvgIpc) is 3.15. The number of aromatic nitrogens is 2. The molecular weight excluding hydrogens is 328 g/mol. The summed E-state index contributed by atoms with van der Waals surface area (Å²) in [5, 5.41) is 24.8. The van der Waals surface area contributed by atoms with E-state index in [1.54, 1.807) is 18.7 Å². The number of carboxylic acid groups (broad SMARTS) is 1. The molecule has 9 heteroatoms. The summed E-state index contributed by atoms with van der Waals surface area (Å²) >= 11 is 0. The third-order valence-corrected chi connectivity index (χ3v) is 5.71. The van der Waals surface area contributed by atoms with E-state index in [4.69, 9.17) is 0 Å². The van der Waals surface area contributed by atoms with Gasteiger partial charge in [0.1, 0.15) is 11.4 Å². The van der Waals surface area contributed by atoms with E-state index in [1.165, 1.54) is 4.68 Å². The van der Waals surface area contributed by atoms with Crippen molar-refractivity contribution in [2.75, 3.05) is 13.1 Å². The van der Waals surface area contributed by atoms with E-state index in [1.807, 2.05) is 0 Å². The van der Waals surface area contributed by atoms with Crippen LogP contribution in [0.15, 0.2) is 0 Å². The van der Waals surface area contributed by atoms with Gasteiger partial charge in [-0.25, -0.2) is 0 Å². The molecule has 2 aliphatic rings. The Bertz CT molecular complexity index is 743. The highest BCUT2D eigenvalue weighted by molar-refractivity contribution is 5.81. The monoisotopic (exact) mass is 350 g/mol. The Balaban J connectivity index is 1.66. The number of hydrogen-bond donors (Lipinski definition) is 1. The van der Waals surface area contributed by atoms with Gasteiger partial charge in [0.25, 0.3) is 0 Å². The van der Waals surface area contributed by atoms with Gasteiger partial charge >= 0.3 is 11.7 Å². The van der Waals surface area contributed by atoms with Crippen LogP contribution in [0.1, 0.15) is 37.1 Å². The van der Waals surface area contributed by atoms with E-state index in [0.717, 1.165) is 12.8 Å². The summed E-state index contributed by atoms with van der Waals surface area (Å²) in [6.45, 7) is 4.19. The summed E-state index contributed by atoms with van der Waals surface area (Å²) in [7, 11) is 0. The molecule has 0 unspecified atom stereocenters. The number of nitrogens with zero attached hydrogens (tertiary/aromatic N) is 4. The molecule has 1 aromatic rings. The second-order valence-electron chi connectivity index (χ2n) is 7.07. The van der Waals surface area contributed by atoms with E-state index in [0.29, 0.717) is 24.4 Å². The maximum atomic E-state index is 12.5. The topological polar surface area (TPSA) is 119 Å². The molecule has 2 atom stereocenters. The highest BCUT2D eigenvalue weighted by Gasteiger charge is 2.55. The summed E-state index contributed by atoms with van der Waals surface area (Å²) in [6.07, 6.45) is 2.52. The van der Waals surface area contributed by atoms with Crippen LogP contribution in [0.2, 0.25) is 0 Å². The Morgan fingerprint density at radius 1 is 1.44 bits per heavy atom. The lowest BCUT2D eigenvalue weighted by atomic mass is 9.81. The molecule has 1 N–H and O–H groups in total. The Kier molecular flexibility index (Phi) is 4.26. The molecule has 136 valence electrons. The van der Waals surface area contributed by atoms with Gasteiger partial charge in [0, 0.05) is 19.5 Å². The Hall–Kier alpha value is -2.45. The van der Waals surface area contributed by atoms with Crippen molar-refractivity contribution >= 4 is 17.6 Å². The Morgan fingerprint density at radius 3 is 2.72 bits per heavy atom. The third-order valence-electron chi connectivity index (χ3n) is 5.71. The molecule has 2 fully saturated rings. The first-order valence-corrected chi connectivity index (χ1v) is 8.46. The van der Waals surface area contributed by atoms with E-state index < -0.39 is 16.3 Å². The van der Waals surface area contributed by atoms with Gasteiger partial charge in [-0.05, 0) is 32.6 Å². The maximum Gasteiger partial charge on any atom is 0.312 e. The normalized spacial score (nSPS) is 25.2. The lowest BCUT2D eigenvalue weighted by Crippen LogP contribution is -2.37. The number of nitro groups is 1. The van der Waals surface area contributed by atoms with E-state index >= 15 is 0 Å². The quantitative estimate of drug-likeness (QED) is 0.635. The number of aryl methyl sites for hydroxylation is 2. The largest absolute Gasteiger partial charge is 0.481 e. The standard InChI is InChI=1S/C16H22N4O5/c1-10-14(20(24)25)11(2)19(17-10)7-5-13(21)18-8-12-4-3-6-16(12,9-18)15(22)23/h12H,3-9H2,1-2H3,(H,22,23)/t12-,16+/m0/s1. The zero-order chi connectivity index (χ0) is 18.4. The van der Waals surface area contributed by atoms with Crippen molar-refractivity contribution in [3.05, 3.63) is 21.5 Å². The minimum atomic E-state index is -0.806. The molecule has 0 aromatic carbocycles. The van der Waals surface area contributed by atoms with E-state index in [2.05, 4.69) is 5.10 Å². The Labute approximate surface area is 144 Å². The molecule has 1 saturated heterocycles. The van der Waals surface area contributed by atoms with Crippen LogP contribution in [0.3, 0.4) is 0 Å². The summed E-state index contributed by atoms with van der Waals surface area (Å²) in [5.74, 6) is -0.895. The van der Waals surface area contributed by atoms with Crippen molar-refractivity contribution in [2.45, 2.75) is 46.1 Å². The van der Waals surface area contributed by atoms with Crippen LogP contribution in [0.25, 0.3) is 0 Å². The summed E-state index contributed by atoms with van der Waals surface area (Å²) in [5.41, 5.74) is -0.0498. The second-order valence-corrected chi connectivity index (χ2v) is 7.07. The fraction of sp³-hybridized carbons (Fsp3) is 0.688. The van der Waals surface area contributed by atoms with Crippen LogP contribution in [-0.2, 0) is 16.1 Å². The lowest BCUT2D eigenvalue weighted by Gasteiger charge is -2.23. The van der Waals surface area contributed by atoms with Gasteiger partial charge in [-0.2, -0.15) is 5.10 Å². The molecule has 0 radical (unpaired) electrons. The smallest absolute Gasteiger partial charge is 0.312 e. The van der Waals surface area contributed by atoms with Crippen molar-refractivity contribution in [3.63, 3.8) is 0 Å². The van der Waals surface area contributed by atoms with Crippen molar-refractivity contribution in [2.24, 2.45) is 11.3 Å². The van der Waals surface area contributed by atoms with Crippen LogP contribution in [0.4, 0.5) is 5.69 Å². The maximum absolute atomic E-state index is 12.5. The fourth-order valence-corrected chi connectivity index (χ4v) is 4.36. The molecule has 1 aromatic heterocycles. The number of hydrogen-bond acceptors (Lipinski definition) is 5. The van der Waals surface area contributed by atoms with Crippen LogP contribution in [0, 0.1) is 35.3 Å². The number of likely N-dealkylation sites (tertiary alicyclic amines) is 1. The SMILES string of the molecule is Cc1nn(CCC(=O)N2C[C@@H]3CCC[C@@]3(C(=O)O)C2)c(C)c1[N+](=O)[O-]. The van der Waals surface area contributed by atoms with E-state index in [9.17, 15) is 24.8 Å². The summed E-state index contributed by atoms with van der Waals surface area (Å²) in [6, 6.07) is 0. The zero-order valence-electron chi connectivity index (χ0n) is 14.4. The summed E-state index contributed by atoms with van der Waals surface area (Å²) < 4.78 is 1.48. The Morgan fingerprint density at radius 2 is 2.16 bits per heavy atom. The number of carbonyl (C=O) groups is 2. The van der Waals surface area contributed by atoms with Gasteiger partial charge in [-0.3, -0.25) is 24.4 Å². The van der Waals surface area contributed by atoms with Gasteiger partial charge in [0.15, 0.2) is 0 Å². The number of rotatable bonds is 5. The minimum Gasteiger partial charge on any atom is -0.481 e. The predicted molar refractivity (Wildman–Crippen MR) is 87.0 cm³/mol. The predicted octanol–water partition coefficient (Wildman–Crippen LogP) is 1.51. The van der Waals surface area contributed by atoms with Crippen LogP contribution < -0.4 is 0 Å². The first-order valence-electron chi connectivity index (χ1n) is 8.46. The lowest BCUT2D eigenvalue weighted by molar-refractivity contribution is -0.386. The molecule has 3 rings (SSSR count). The minimum absolute atomic E-state index is 0.0204. The van der Waals surface area contributed by atoms with E-state index in [-0.39, 0.29) is 37.0 Å². The second kappa shape index (κ2) is 6.12. The zero-order valence-corrected chi connectivity index (χ0v) is 14.4. The fourth-order valence-electron chi connectivity index (χ4n) is 4.36. The first-order chi connectivity index (χ1) is 11.8. The molecule has 25 heavy (non-hydrogen) atoms. The van der Waals surface area contributed by atoms with Crippen molar-refractivity contribution in [1.29, 1.82) is 0 Å². The summed E-state index contributed by atoms with van der Waals surface area (Å²) in [4.78, 5) is 36.4. The van der Waals surface area contributed by atoms with Gasteiger partial charge in [0.05, 0.1) is 16.9 Å². The molecule has 1 amide bonds. The molecular formula is C16H22N4O5. The van der Waals surface area contributed by atoms with Crippen LogP contribution >= 0.6 is 0 Å². The molecule has 0 spiro atoms. The van der Waals surface area contributed by atoms with Crippen molar-refractivity contribution < 1.29 is 19.6 Å². The number of carboxylic acids is 1. The number of aliphatic carboxylic acids is 1. The third kappa shape index (κ3) is 2.77.